The number of likely N-dealkylation sites (N-methyl/N-ethyl adjacent to an activating group) is 2. The molecule has 1 unspecified atom stereocenters. The first-order chi connectivity index (χ1) is 8.42. The molecule has 7 nitrogen and oxygen atoms in total. The van der Waals surface area contributed by atoms with Crippen molar-refractivity contribution >= 4 is 17.9 Å². The zero-order valence-corrected chi connectivity index (χ0v) is 10.6. The van der Waals surface area contributed by atoms with Gasteiger partial charge in [0.1, 0.15) is 12.6 Å². The predicted octanol–water partition coefficient (Wildman–Crippen LogP) is -0.207. The maximum absolute atomic E-state index is 11.6. The van der Waals surface area contributed by atoms with Crippen molar-refractivity contribution < 1.29 is 19.5 Å². The first-order valence-corrected chi connectivity index (χ1v) is 5.54. The molecule has 0 fully saturated rings. The summed E-state index contributed by atoms with van der Waals surface area (Å²) in [5, 5.41) is 13.7. The number of urea groups is 1. The Balaban J connectivity index is 4.32. The molecule has 0 radical (unpaired) electrons. The van der Waals surface area contributed by atoms with Gasteiger partial charge in [-0.05, 0) is 13.3 Å². The van der Waals surface area contributed by atoms with E-state index in [2.05, 4.69) is 17.2 Å². The lowest BCUT2D eigenvalue weighted by molar-refractivity contribution is -0.139. The molecule has 0 aromatic carbocycles. The zero-order chi connectivity index (χ0) is 14.1. The van der Waals surface area contributed by atoms with Crippen molar-refractivity contribution in [1.82, 2.24) is 15.5 Å². The molecular formula is C11H19N3O4. The van der Waals surface area contributed by atoms with Crippen LogP contribution in [0.3, 0.4) is 0 Å². The van der Waals surface area contributed by atoms with Crippen LogP contribution in [0.25, 0.3) is 0 Å². The van der Waals surface area contributed by atoms with Crippen LogP contribution in [0.4, 0.5) is 4.79 Å². The van der Waals surface area contributed by atoms with Crippen LogP contribution in [0, 0.1) is 0 Å². The van der Waals surface area contributed by atoms with Gasteiger partial charge < -0.3 is 20.6 Å². The van der Waals surface area contributed by atoms with Gasteiger partial charge in [0.05, 0.1) is 0 Å². The highest BCUT2D eigenvalue weighted by Crippen LogP contribution is 1.95. The van der Waals surface area contributed by atoms with E-state index in [9.17, 15) is 14.4 Å². The molecule has 0 aromatic heterocycles. The summed E-state index contributed by atoms with van der Waals surface area (Å²) >= 11 is 0. The van der Waals surface area contributed by atoms with Crippen LogP contribution in [-0.4, -0.2) is 54.1 Å². The molecule has 0 saturated heterocycles. The van der Waals surface area contributed by atoms with E-state index in [0.29, 0.717) is 6.54 Å². The van der Waals surface area contributed by atoms with Crippen molar-refractivity contribution in [3.8, 4) is 0 Å². The maximum atomic E-state index is 11.6. The van der Waals surface area contributed by atoms with Crippen LogP contribution in [0.5, 0.6) is 0 Å². The van der Waals surface area contributed by atoms with Crippen LogP contribution in [0.15, 0.2) is 12.7 Å². The summed E-state index contributed by atoms with van der Waals surface area (Å²) in [7, 11) is 1.41. The predicted molar refractivity (Wildman–Crippen MR) is 66.1 cm³/mol. The number of nitrogens with zero attached hydrogens (tertiary/aromatic N) is 1. The van der Waals surface area contributed by atoms with Crippen molar-refractivity contribution in [1.29, 1.82) is 0 Å². The molecule has 0 aromatic rings. The molecule has 18 heavy (non-hydrogen) atoms. The smallest absolute Gasteiger partial charge is 0.326 e. The second-order valence-corrected chi connectivity index (χ2v) is 3.67. The topological polar surface area (TPSA) is 98.7 Å². The summed E-state index contributed by atoms with van der Waals surface area (Å²) in [4.78, 5) is 34.8. The molecule has 102 valence electrons. The fraction of sp³-hybridized carbons (Fsp3) is 0.545. The van der Waals surface area contributed by atoms with Crippen LogP contribution >= 0.6 is 0 Å². The average Bonchev–Trinajstić information content (AvgIpc) is 2.28. The van der Waals surface area contributed by atoms with Gasteiger partial charge in [0.25, 0.3) is 0 Å². The minimum absolute atomic E-state index is 0.121. The highest BCUT2D eigenvalue weighted by molar-refractivity contribution is 5.86. The molecule has 0 rings (SSSR count). The van der Waals surface area contributed by atoms with E-state index in [1.807, 2.05) is 0 Å². The number of carboxylic acids is 1. The van der Waals surface area contributed by atoms with Gasteiger partial charge in [-0.1, -0.05) is 6.08 Å². The molecule has 0 bridgehead atoms. The number of hydrogen-bond acceptors (Lipinski definition) is 3. The molecule has 0 saturated carbocycles. The number of aliphatic carboxylic acids is 1. The lowest BCUT2D eigenvalue weighted by Gasteiger charge is -2.20. The van der Waals surface area contributed by atoms with Crippen molar-refractivity contribution in [3.05, 3.63) is 12.7 Å². The molecule has 0 spiro atoms. The Bertz CT molecular complexity index is 330. The monoisotopic (exact) mass is 257 g/mol. The van der Waals surface area contributed by atoms with E-state index in [1.54, 1.807) is 6.92 Å². The number of rotatable bonds is 7. The summed E-state index contributed by atoms with van der Waals surface area (Å²) in [5.41, 5.74) is 0. The molecule has 0 heterocycles. The zero-order valence-electron chi connectivity index (χ0n) is 10.6. The summed E-state index contributed by atoms with van der Waals surface area (Å²) in [6.07, 6.45) is 1.53. The van der Waals surface area contributed by atoms with Crippen molar-refractivity contribution in [2.45, 2.75) is 19.4 Å². The lowest BCUT2D eigenvalue weighted by atomic mass is 10.2. The third kappa shape index (κ3) is 5.88. The van der Waals surface area contributed by atoms with E-state index >= 15 is 0 Å². The number of carbonyl (C=O) groups excluding carboxylic acids is 2. The first-order valence-electron chi connectivity index (χ1n) is 5.54. The van der Waals surface area contributed by atoms with E-state index in [-0.39, 0.29) is 18.9 Å². The summed E-state index contributed by atoms with van der Waals surface area (Å²) in [6, 6.07) is -1.65. The fourth-order valence-electron chi connectivity index (χ4n) is 1.19. The number of nitrogens with one attached hydrogen (secondary N) is 2. The highest BCUT2D eigenvalue weighted by Gasteiger charge is 2.21. The minimum Gasteiger partial charge on any atom is -0.480 e. The Morgan fingerprint density at radius 2 is 2.06 bits per heavy atom. The van der Waals surface area contributed by atoms with E-state index in [0.717, 1.165) is 4.90 Å². The van der Waals surface area contributed by atoms with Gasteiger partial charge >= 0.3 is 12.0 Å². The fourth-order valence-corrected chi connectivity index (χ4v) is 1.19. The SMILES string of the molecule is C=CCC(NC(=O)N(C)CC(=O)NCC)C(=O)O. The first kappa shape index (κ1) is 16.0. The number of carboxylic acid groups (broad SMARTS) is 1. The summed E-state index contributed by atoms with van der Waals surface area (Å²) in [5.74, 6) is -1.44. The largest absolute Gasteiger partial charge is 0.480 e. The van der Waals surface area contributed by atoms with E-state index in [1.165, 1.54) is 13.1 Å². The Labute approximate surface area is 106 Å². The minimum atomic E-state index is -1.14. The van der Waals surface area contributed by atoms with E-state index in [4.69, 9.17) is 5.11 Å². The summed E-state index contributed by atoms with van der Waals surface area (Å²) < 4.78 is 0. The Hall–Kier alpha value is -2.05. The van der Waals surface area contributed by atoms with Crippen LogP contribution in [0.1, 0.15) is 13.3 Å². The average molecular weight is 257 g/mol. The molecule has 1 atom stereocenters. The molecule has 0 aliphatic carbocycles. The summed E-state index contributed by atoms with van der Waals surface area (Å²) in [6.45, 7) is 5.53. The van der Waals surface area contributed by atoms with Gasteiger partial charge in [-0.3, -0.25) is 4.79 Å². The Morgan fingerprint density at radius 1 is 1.44 bits per heavy atom. The second-order valence-electron chi connectivity index (χ2n) is 3.67. The standard InChI is InChI=1S/C11H19N3O4/c1-4-6-8(10(16)17)13-11(18)14(3)7-9(15)12-5-2/h4,8H,1,5-7H2,2-3H3,(H,12,15)(H,13,18)(H,16,17). The quantitative estimate of drug-likeness (QED) is 0.550. The number of amides is 3. The second kappa shape index (κ2) is 8.10. The highest BCUT2D eigenvalue weighted by atomic mass is 16.4. The third-order valence-corrected chi connectivity index (χ3v) is 2.10. The molecule has 7 heteroatoms. The Kier molecular flexibility index (Phi) is 7.18. The third-order valence-electron chi connectivity index (χ3n) is 2.10. The van der Waals surface area contributed by atoms with Gasteiger partial charge in [0.15, 0.2) is 0 Å². The molecule has 3 amide bonds. The van der Waals surface area contributed by atoms with Gasteiger partial charge in [-0.15, -0.1) is 6.58 Å². The number of carbonyl (C=O) groups is 3. The van der Waals surface area contributed by atoms with Gasteiger partial charge in [0, 0.05) is 13.6 Å². The normalized spacial score (nSPS) is 11.2. The molecular weight excluding hydrogens is 238 g/mol. The van der Waals surface area contributed by atoms with Crippen molar-refractivity contribution in [2.24, 2.45) is 0 Å². The number of hydrogen-bond donors (Lipinski definition) is 3. The molecule has 3 N–H and O–H groups in total. The van der Waals surface area contributed by atoms with E-state index < -0.39 is 18.0 Å². The lowest BCUT2D eigenvalue weighted by Crippen LogP contribution is -2.48. The van der Waals surface area contributed by atoms with Crippen LogP contribution in [-0.2, 0) is 9.59 Å². The van der Waals surface area contributed by atoms with Gasteiger partial charge in [-0.25, -0.2) is 9.59 Å². The molecule has 0 aliphatic heterocycles. The molecule has 0 aliphatic rings. The van der Waals surface area contributed by atoms with Crippen molar-refractivity contribution in [3.63, 3.8) is 0 Å². The Morgan fingerprint density at radius 3 is 2.50 bits per heavy atom. The van der Waals surface area contributed by atoms with Crippen LogP contribution < -0.4 is 10.6 Å². The van der Waals surface area contributed by atoms with Crippen molar-refractivity contribution in [2.75, 3.05) is 20.1 Å². The van der Waals surface area contributed by atoms with Gasteiger partial charge in [0.2, 0.25) is 5.91 Å². The maximum Gasteiger partial charge on any atom is 0.326 e. The van der Waals surface area contributed by atoms with Gasteiger partial charge in [-0.2, -0.15) is 0 Å². The van der Waals surface area contributed by atoms with Crippen LogP contribution in [0.2, 0.25) is 0 Å².